The summed E-state index contributed by atoms with van der Waals surface area (Å²) in [4.78, 5) is 3.59. The fraction of sp³-hybridized carbons (Fsp3) is 0.0556. The van der Waals surface area contributed by atoms with Gasteiger partial charge in [-0.15, -0.1) is 0 Å². The van der Waals surface area contributed by atoms with Crippen molar-refractivity contribution in [2.75, 3.05) is 0 Å². The van der Waals surface area contributed by atoms with Crippen LogP contribution in [0.25, 0.3) is 22.4 Å². The van der Waals surface area contributed by atoms with Crippen molar-refractivity contribution in [1.29, 1.82) is 0 Å². The maximum absolute atomic E-state index is 13.8. The molecule has 3 aromatic rings. The minimum Gasteiger partial charge on any atom is -0.242 e. The summed E-state index contributed by atoms with van der Waals surface area (Å²) < 4.78 is 41.3. The van der Waals surface area contributed by atoms with E-state index in [2.05, 4.69) is 4.98 Å². The van der Waals surface area contributed by atoms with E-state index < -0.39 is 22.6 Å². The molecule has 15 heteroatoms. The van der Waals surface area contributed by atoms with E-state index in [4.69, 9.17) is 128 Å². The first kappa shape index (κ1) is 28.1. The Hall–Kier alpha value is 0.570. The molecule has 1 aromatic heterocycles. The van der Waals surface area contributed by atoms with Crippen LogP contribution in [0.3, 0.4) is 0 Å². The molecule has 0 atom stereocenters. The molecule has 1 nitrogen and oxygen atoms in total. The number of pyridine rings is 1. The number of rotatable bonds is 2. The Labute approximate surface area is 239 Å². The molecule has 0 N–H and O–H groups in total. The van der Waals surface area contributed by atoms with Crippen LogP contribution in [0.4, 0.5) is 13.2 Å². The van der Waals surface area contributed by atoms with Gasteiger partial charge in [0.1, 0.15) is 5.69 Å². The summed E-state index contributed by atoms with van der Waals surface area (Å²) in [6.07, 6.45) is -4.95. The number of benzene rings is 2. The molecule has 2 aromatic carbocycles. The molecule has 176 valence electrons. The molecular formula is C18HCl11F3N. The highest BCUT2D eigenvalue weighted by Crippen LogP contribution is 2.54. The van der Waals surface area contributed by atoms with E-state index in [-0.39, 0.29) is 66.9 Å². The second-order valence-electron chi connectivity index (χ2n) is 6.11. The maximum Gasteiger partial charge on any atom is 0.433 e. The molecule has 0 bridgehead atoms. The Bertz CT molecular complexity index is 1170. The van der Waals surface area contributed by atoms with Crippen molar-refractivity contribution in [1.82, 2.24) is 4.98 Å². The summed E-state index contributed by atoms with van der Waals surface area (Å²) in [7, 11) is 0. The summed E-state index contributed by atoms with van der Waals surface area (Å²) >= 11 is 67.7. The van der Waals surface area contributed by atoms with Crippen LogP contribution in [0.15, 0.2) is 6.07 Å². The first-order valence-electron chi connectivity index (χ1n) is 7.92. The highest BCUT2D eigenvalue weighted by Gasteiger charge is 2.36. The van der Waals surface area contributed by atoms with Crippen molar-refractivity contribution in [3.05, 3.63) is 67.0 Å². The van der Waals surface area contributed by atoms with Crippen molar-refractivity contribution >= 4 is 128 Å². The Morgan fingerprint density at radius 1 is 0.485 bits per heavy atom. The van der Waals surface area contributed by atoms with Gasteiger partial charge in [0, 0.05) is 16.7 Å². The first-order chi connectivity index (χ1) is 15.1. The van der Waals surface area contributed by atoms with Gasteiger partial charge in [0.15, 0.2) is 0 Å². The van der Waals surface area contributed by atoms with Gasteiger partial charge >= 0.3 is 6.18 Å². The lowest BCUT2D eigenvalue weighted by Gasteiger charge is -2.19. The van der Waals surface area contributed by atoms with Crippen molar-refractivity contribution in [2.24, 2.45) is 0 Å². The molecule has 0 amide bonds. The average molecular weight is 678 g/mol. The molecule has 33 heavy (non-hydrogen) atoms. The van der Waals surface area contributed by atoms with Gasteiger partial charge in [-0.1, -0.05) is 128 Å². The molecule has 0 fully saturated rings. The molecule has 0 unspecified atom stereocenters. The second kappa shape index (κ2) is 10.1. The number of hydrogen-bond donors (Lipinski definition) is 0. The summed E-state index contributed by atoms with van der Waals surface area (Å²) in [6, 6.07) is 0.598. The molecule has 0 aliphatic carbocycles. The van der Waals surface area contributed by atoms with Crippen molar-refractivity contribution in [2.45, 2.75) is 6.18 Å². The normalized spacial score (nSPS) is 11.9. The van der Waals surface area contributed by atoms with Gasteiger partial charge in [-0.3, -0.25) is 0 Å². The third kappa shape index (κ3) is 4.93. The van der Waals surface area contributed by atoms with E-state index in [9.17, 15) is 13.2 Å². The van der Waals surface area contributed by atoms with E-state index >= 15 is 0 Å². The van der Waals surface area contributed by atoms with E-state index in [1.165, 1.54) is 0 Å². The van der Waals surface area contributed by atoms with Crippen LogP contribution in [0.5, 0.6) is 0 Å². The third-order valence-electron chi connectivity index (χ3n) is 4.17. The topological polar surface area (TPSA) is 12.9 Å². The molecule has 0 aliphatic rings. The monoisotopic (exact) mass is 673 g/mol. The molecule has 0 spiro atoms. The van der Waals surface area contributed by atoms with Gasteiger partial charge in [0.05, 0.1) is 60.9 Å². The first-order valence-corrected chi connectivity index (χ1v) is 12.1. The lowest BCUT2D eigenvalue weighted by Crippen LogP contribution is -2.10. The molecule has 1 heterocycles. The van der Waals surface area contributed by atoms with Gasteiger partial charge < -0.3 is 0 Å². The minimum absolute atomic E-state index is 0.208. The quantitative estimate of drug-likeness (QED) is 0.194. The maximum atomic E-state index is 13.8. The number of halogens is 14. The summed E-state index contributed by atoms with van der Waals surface area (Å²) in [6.45, 7) is 0. The van der Waals surface area contributed by atoms with E-state index in [1.54, 1.807) is 0 Å². The summed E-state index contributed by atoms with van der Waals surface area (Å²) in [5, 5.41) is -3.25. The van der Waals surface area contributed by atoms with Crippen LogP contribution in [0.2, 0.25) is 55.2 Å². The van der Waals surface area contributed by atoms with Gasteiger partial charge in [0.25, 0.3) is 0 Å². The third-order valence-corrected chi connectivity index (χ3v) is 9.11. The molecule has 0 saturated carbocycles. The highest BCUT2D eigenvalue weighted by atomic mass is 35.5. The summed E-state index contributed by atoms with van der Waals surface area (Å²) in [5.74, 6) is 0. The Morgan fingerprint density at radius 3 is 1.18 bits per heavy atom. The zero-order valence-corrected chi connectivity index (χ0v) is 23.1. The Kier molecular flexibility index (Phi) is 8.65. The van der Waals surface area contributed by atoms with Crippen molar-refractivity contribution < 1.29 is 13.2 Å². The summed E-state index contributed by atoms with van der Waals surface area (Å²) in [5.41, 5.74) is -2.84. The molecular weight excluding hydrogens is 677 g/mol. The molecule has 0 saturated heterocycles. The standard InChI is InChI=1S/C18HCl11F3N/c19-6-2(4-7(20)11(24)15(28)12(25)8(4)21)1-3(18(30,31)32)33-17(6)5-9(22)13(26)16(29)14(27)10(5)23/h1H. The van der Waals surface area contributed by atoms with E-state index in [1.807, 2.05) is 0 Å². The van der Waals surface area contributed by atoms with E-state index in [0.717, 1.165) is 0 Å². The number of nitrogens with zero attached hydrogens (tertiary/aromatic N) is 1. The van der Waals surface area contributed by atoms with Gasteiger partial charge in [-0.25, -0.2) is 4.98 Å². The minimum atomic E-state index is -4.95. The fourth-order valence-electron chi connectivity index (χ4n) is 2.68. The fourth-order valence-corrected chi connectivity index (χ4v) is 5.62. The van der Waals surface area contributed by atoms with Crippen LogP contribution < -0.4 is 0 Å². The lowest BCUT2D eigenvalue weighted by atomic mass is 10.0. The number of aromatic nitrogens is 1. The average Bonchev–Trinajstić information content (AvgIpc) is 2.75. The van der Waals surface area contributed by atoms with Gasteiger partial charge in [-0.05, 0) is 6.07 Å². The predicted molar refractivity (Wildman–Crippen MR) is 135 cm³/mol. The largest absolute Gasteiger partial charge is 0.433 e. The number of alkyl halides is 3. The zero-order valence-electron chi connectivity index (χ0n) is 14.8. The smallest absolute Gasteiger partial charge is 0.242 e. The second-order valence-corrected chi connectivity index (χ2v) is 10.3. The Balaban J connectivity index is 2.56. The van der Waals surface area contributed by atoms with Crippen molar-refractivity contribution in [3.8, 4) is 22.4 Å². The SMILES string of the molecule is FC(F)(F)c1cc(-c2c(Cl)c(Cl)c(Cl)c(Cl)c2Cl)c(Cl)c(-c2c(Cl)c(Cl)c(Cl)c(Cl)c2Cl)n1. The Morgan fingerprint density at radius 2 is 0.818 bits per heavy atom. The predicted octanol–water partition coefficient (Wildman–Crippen LogP) is 12.6. The van der Waals surface area contributed by atoms with Crippen LogP contribution >= 0.6 is 128 Å². The molecule has 3 rings (SSSR count). The zero-order chi connectivity index (χ0) is 25.2. The number of hydrogen-bond acceptors (Lipinski definition) is 1. The van der Waals surface area contributed by atoms with E-state index in [0.29, 0.717) is 6.07 Å². The highest BCUT2D eigenvalue weighted by molar-refractivity contribution is 6.58. The van der Waals surface area contributed by atoms with Crippen LogP contribution in [-0.2, 0) is 6.18 Å². The van der Waals surface area contributed by atoms with Crippen LogP contribution in [-0.4, -0.2) is 4.98 Å². The van der Waals surface area contributed by atoms with Crippen molar-refractivity contribution in [3.63, 3.8) is 0 Å². The lowest BCUT2D eigenvalue weighted by molar-refractivity contribution is -0.141. The molecule has 0 aliphatic heterocycles. The van der Waals surface area contributed by atoms with Crippen LogP contribution in [0, 0.1) is 0 Å². The molecule has 0 radical (unpaired) electrons. The van der Waals surface area contributed by atoms with Crippen LogP contribution in [0.1, 0.15) is 5.69 Å². The van der Waals surface area contributed by atoms with Gasteiger partial charge in [-0.2, -0.15) is 13.2 Å². The van der Waals surface area contributed by atoms with Gasteiger partial charge in [0.2, 0.25) is 0 Å².